The summed E-state index contributed by atoms with van der Waals surface area (Å²) >= 11 is 0. The molecule has 104 valence electrons. The highest BCUT2D eigenvalue weighted by Gasteiger charge is 2.32. The van der Waals surface area contributed by atoms with Crippen LogP contribution in [0.4, 0.5) is 5.69 Å². The first-order chi connectivity index (χ1) is 9.33. The van der Waals surface area contributed by atoms with Crippen molar-refractivity contribution in [3.63, 3.8) is 0 Å². The second-order valence-electron chi connectivity index (χ2n) is 6.01. The van der Waals surface area contributed by atoms with Crippen molar-refractivity contribution in [3.05, 3.63) is 29.3 Å². The first-order valence-corrected chi connectivity index (χ1v) is 7.93. The summed E-state index contributed by atoms with van der Waals surface area (Å²) in [5.74, 6) is 0. The van der Waals surface area contributed by atoms with Crippen molar-refractivity contribution in [1.29, 1.82) is 0 Å². The lowest BCUT2D eigenvalue weighted by molar-refractivity contribution is 0.193. The average molecular weight is 258 g/mol. The van der Waals surface area contributed by atoms with Crippen LogP contribution in [-0.2, 0) is 12.8 Å². The molecule has 2 nitrogen and oxygen atoms in total. The Kier molecular flexibility index (Phi) is 3.79. The molecule has 0 aromatic heterocycles. The van der Waals surface area contributed by atoms with Crippen LogP contribution in [0.2, 0.25) is 0 Å². The fourth-order valence-electron chi connectivity index (χ4n) is 3.84. The van der Waals surface area contributed by atoms with Crippen LogP contribution in [0.5, 0.6) is 0 Å². The van der Waals surface area contributed by atoms with E-state index < -0.39 is 0 Å². The molecular weight excluding hydrogens is 232 g/mol. The zero-order valence-electron chi connectivity index (χ0n) is 12.4. The number of para-hydroxylation sites is 1. The maximum absolute atomic E-state index is 2.72. The predicted molar refractivity (Wildman–Crippen MR) is 82.0 cm³/mol. The van der Waals surface area contributed by atoms with Gasteiger partial charge < -0.3 is 4.90 Å². The van der Waals surface area contributed by atoms with Gasteiger partial charge in [-0.2, -0.15) is 0 Å². The highest BCUT2D eigenvalue weighted by Crippen LogP contribution is 2.36. The van der Waals surface area contributed by atoms with Crippen LogP contribution < -0.4 is 4.90 Å². The third-order valence-electron chi connectivity index (χ3n) is 4.60. The zero-order chi connectivity index (χ0) is 13.2. The maximum Gasteiger partial charge on any atom is 0.0433 e. The quantitative estimate of drug-likeness (QED) is 0.801. The molecular formula is C17H26N2. The Morgan fingerprint density at radius 1 is 1.16 bits per heavy atom. The number of hydrogen-bond donors (Lipinski definition) is 0. The summed E-state index contributed by atoms with van der Waals surface area (Å²) < 4.78 is 0. The van der Waals surface area contributed by atoms with Gasteiger partial charge >= 0.3 is 0 Å². The number of nitrogens with zero attached hydrogens (tertiary/aromatic N) is 2. The van der Waals surface area contributed by atoms with Crippen molar-refractivity contribution >= 4 is 5.69 Å². The van der Waals surface area contributed by atoms with E-state index in [9.17, 15) is 0 Å². The van der Waals surface area contributed by atoms with Crippen molar-refractivity contribution in [3.8, 4) is 0 Å². The monoisotopic (exact) mass is 258 g/mol. The topological polar surface area (TPSA) is 6.48 Å². The van der Waals surface area contributed by atoms with E-state index in [1.807, 2.05) is 0 Å². The van der Waals surface area contributed by atoms with Gasteiger partial charge in [-0.3, -0.25) is 4.90 Å². The van der Waals surface area contributed by atoms with Crippen LogP contribution in [0, 0.1) is 0 Å². The number of hydrogen-bond acceptors (Lipinski definition) is 2. The van der Waals surface area contributed by atoms with E-state index in [0.29, 0.717) is 0 Å². The number of rotatable bonds is 5. The third kappa shape index (κ3) is 2.38. The molecule has 0 N–H and O–H groups in total. The van der Waals surface area contributed by atoms with Crippen molar-refractivity contribution < 1.29 is 0 Å². The Morgan fingerprint density at radius 3 is 2.63 bits per heavy atom. The van der Waals surface area contributed by atoms with E-state index in [1.165, 1.54) is 51.9 Å². The Bertz CT molecular complexity index is 435. The highest BCUT2D eigenvalue weighted by molar-refractivity contribution is 5.65. The van der Waals surface area contributed by atoms with Crippen LogP contribution in [-0.4, -0.2) is 37.1 Å². The summed E-state index contributed by atoms with van der Waals surface area (Å²) in [6, 6.07) is 7.64. The lowest BCUT2D eigenvalue weighted by Gasteiger charge is -2.39. The van der Waals surface area contributed by atoms with Gasteiger partial charge in [0, 0.05) is 24.8 Å². The molecule has 2 aliphatic heterocycles. The van der Waals surface area contributed by atoms with Gasteiger partial charge in [0.1, 0.15) is 0 Å². The molecule has 0 saturated carbocycles. The molecule has 3 rings (SSSR count). The molecule has 0 bridgehead atoms. The van der Waals surface area contributed by atoms with Gasteiger partial charge in [-0.25, -0.2) is 0 Å². The molecule has 1 aromatic rings. The normalized spacial score (nSPS) is 21.0. The Balaban J connectivity index is 1.82. The zero-order valence-corrected chi connectivity index (χ0v) is 12.4. The van der Waals surface area contributed by atoms with Gasteiger partial charge in [0.25, 0.3) is 0 Å². The lowest BCUT2D eigenvalue weighted by atomic mass is 9.95. The smallest absolute Gasteiger partial charge is 0.0433 e. The van der Waals surface area contributed by atoms with Crippen molar-refractivity contribution in [2.75, 3.05) is 31.1 Å². The first-order valence-electron chi connectivity index (χ1n) is 7.93. The summed E-state index contributed by atoms with van der Waals surface area (Å²) in [6.07, 6.45) is 5.03. The van der Waals surface area contributed by atoms with Crippen molar-refractivity contribution in [1.82, 2.24) is 4.90 Å². The summed E-state index contributed by atoms with van der Waals surface area (Å²) in [5, 5.41) is 0. The minimum atomic E-state index is 0.723. The van der Waals surface area contributed by atoms with Crippen LogP contribution in [0.25, 0.3) is 0 Å². The van der Waals surface area contributed by atoms with E-state index in [-0.39, 0.29) is 0 Å². The van der Waals surface area contributed by atoms with Crippen LogP contribution in [0.15, 0.2) is 18.2 Å². The second kappa shape index (κ2) is 5.54. The third-order valence-corrected chi connectivity index (χ3v) is 4.60. The molecule has 0 spiro atoms. The van der Waals surface area contributed by atoms with E-state index >= 15 is 0 Å². The average Bonchev–Trinajstić information content (AvgIpc) is 2.84. The molecule has 2 heteroatoms. The predicted octanol–water partition coefficient (Wildman–Crippen LogP) is 3.10. The molecule has 0 radical (unpaired) electrons. The van der Waals surface area contributed by atoms with Gasteiger partial charge in [0.05, 0.1) is 0 Å². The minimum absolute atomic E-state index is 0.723. The molecule has 0 amide bonds. The van der Waals surface area contributed by atoms with Crippen LogP contribution in [0.1, 0.15) is 37.8 Å². The minimum Gasteiger partial charge on any atom is -0.369 e. The van der Waals surface area contributed by atoms with Gasteiger partial charge in [-0.15, -0.1) is 0 Å². The first kappa shape index (κ1) is 13.0. The molecule has 1 atom stereocenters. The van der Waals surface area contributed by atoms with Gasteiger partial charge in [-0.1, -0.05) is 32.0 Å². The largest absolute Gasteiger partial charge is 0.369 e. The van der Waals surface area contributed by atoms with E-state index in [0.717, 1.165) is 6.04 Å². The molecule has 0 saturated heterocycles. The van der Waals surface area contributed by atoms with Crippen LogP contribution in [0.3, 0.4) is 0 Å². The Hall–Kier alpha value is -1.02. The molecule has 0 unspecified atom stereocenters. The number of anilines is 1. The summed E-state index contributed by atoms with van der Waals surface area (Å²) in [7, 11) is 0. The highest BCUT2D eigenvalue weighted by atomic mass is 15.2. The number of benzene rings is 1. The van der Waals surface area contributed by atoms with Gasteiger partial charge in [0.15, 0.2) is 0 Å². The molecule has 0 aliphatic carbocycles. The maximum atomic E-state index is 2.72. The second-order valence-corrected chi connectivity index (χ2v) is 6.01. The SMILES string of the molecule is CCCN(CCC)[C@@H]1Cc2cccc3c2N(CC3)C1. The van der Waals surface area contributed by atoms with E-state index in [1.54, 1.807) is 16.8 Å². The molecule has 0 fully saturated rings. The van der Waals surface area contributed by atoms with Gasteiger partial charge in [-0.05, 0) is 49.9 Å². The van der Waals surface area contributed by atoms with Crippen molar-refractivity contribution in [2.24, 2.45) is 0 Å². The summed E-state index contributed by atoms with van der Waals surface area (Å²) in [5.41, 5.74) is 4.74. The summed E-state index contributed by atoms with van der Waals surface area (Å²) in [4.78, 5) is 5.35. The van der Waals surface area contributed by atoms with Crippen molar-refractivity contribution in [2.45, 2.75) is 45.6 Å². The molecule has 2 heterocycles. The van der Waals surface area contributed by atoms with Gasteiger partial charge in [0.2, 0.25) is 0 Å². The lowest BCUT2D eigenvalue weighted by Crippen LogP contribution is -2.48. The fourth-order valence-corrected chi connectivity index (χ4v) is 3.84. The molecule has 19 heavy (non-hydrogen) atoms. The summed E-state index contributed by atoms with van der Waals surface area (Å²) in [6.45, 7) is 9.57. The molecule has 1 aromatic carbocycles. The Labute approximate surface area is 117 Å². The Morgan fingerprint density at radius 2 is 1.89 bits per heavy atom. The van der Waals surface area contributed by atoms with E-state index in [4.69, 9.17) is 0 Å². The standard InChI is InChI=1S/C17H26N2/c1-3-9-18(10-4-2)16-12-15-7-5-6-14-8-11-19(13-16)17(14)15/h5-7,16H,3-4,8-13H2,1-2H3/t16-/m1/s1. The van der Waals surface area contributed by atoms with E-state index in [2.05, 4.69) is 41.8 Å². The molecule has 2 aliphatic rings. The fraction of sp³-hybridized carbons (Fsp3) is 0.647. The van der Waals surface area contributed by atoms with Crippen LogP contribution >= 0.6 is 0 Å².